The summed E-state index contributed by atoms with van der Waals surface area (Å²) in [7, 11) is -1.29. The third-order valence-corrected chi connectivity index (χ3v) is 2.87. The Labute approximate surface area is 109 Å². The van der Waals surface area contributed by atoms with Gasteiger partial charge in [0.25, 0.3) is 21.2 Å². The molecule has 0 heterocycles. The Bertz CT molecular complexity index is 398. The molecule has 0 N–H and O–H groups in total. The van der Waals surface area contributed by atoms with E-state index < -0.39 is 14.4 Å². The number of nitrogens with zero attached hydrogens (tertiary/aromatic N) is 1. The van der Waals surface area contributed by atoms with Crippen LogP contribution in [0.15, 0.2) is 22.6 Å². The third kappa shape index (κ3) is 3.91. The molecule has 0 fully saturated rings. The van der Waals surface area contributed by atoms with Gasteiger partial charge in [-0.1, -0.05) is 4.40 Å². The Morgan fingerprint density at radius 2 is 2.31 bits per heavy atom. The standard InChI is InChI=1S/C10H11FINO2S/c1-3-15-10-6-8(4-5-9(10)11)7(2)13-16(12)14/h4-6H,3H2,1-2H3/b13-7+/t16-/m0/s1. The monoisotopic (exact) mass is 355 g/mol. The second kappa shape index (κ2) is 6.41. The van der Waals surface area contributed by atoms with Gasteiger partial charge in [-0.2, -0.15) is 0 Å². The fourth-order valence-corrected chi connectivity index (χ4v) is 2.36. The molecule has 0 saturated heterocycles. The molecule has 0 spiro atoms. The minimum Gasteiger partial charge on any atom is -0.583 e. The molecule has 1 rings (SSSR count). The van der Waals surface area contributed by atoms with E-state index in [0.717, 1.165) is 0 Å². The first-order chi connectivity index (χ1) is 7.54. The number of rotatable bonds is 4. The van der Waals surface area contributed by atoms with Crippen molar-refractivity contribution in [2.75, 3.05) is 6.61 Å². The molecule has 1 atom stereocenters. The fourth-order valence-electron chi connectivity index (χ4n) is 1.15. The molecule has 1 aromatic rings. The highest BCUT2D eigenvalue weighted by molar-refractivity contribution is 14.2. The van der Waals surface area contributed by atoms with E-state index in [1.165, 1.54) is 6.07 Å². The fraction of sp³-hybridized carbons (Fsp3) is 0.300. The van der Waals surface area contributed by atoms with Crippen LogP contribution < -0.4 is 4.74 Å². The lowest BCUT2D eigenvalue weighted by molar-refractivity contribution is 0.321. The van der Waals surface area contributed by atoms with Crippen molar-refractivity contribution in [3.63, 3.8) is 0 Å². The summed E-state index contributed by atoms with van der Waals surface area (Å²) in [5.74, 6) is -0.220. The molecule has 0 amide bonds. The number of hydrogen-bond acceptors (Lipinski definition) is 3. The van der Waals surface area contributed by atoms with Crippen LogP contribution in [0.1, 0.15) is 19.4 Å². The maximum absolute atomic E-state index is 13.3. The van der Waals surface area contributed by atoms with Gasteiger partial charge in [0.15, 0.2) is 20.1 Å². The van der Waals surface area contributed by atoms with Gasteiger partial charge in [-0.25, -0.2) is 4.39 Å². The maximum atomic E-state index is 13.3. The lowest BCUT2D eigenvalue weighted by Gasteiger charge is -2.06. The highest BCUT2D eigenvalue weighted by Gasteiger charge is 2.08. The van der Waals surface area contributed by atoms with Crippen LogP contribution in [0, 0.1) is 5.82 Å². The molecule has 0 radical (unpaired) electrons. The molecule has 0 aliphatic rings. The first-order valence-electron chi connectivity index (χ1n) is 4.60. The predicted molar refractivity (Wildman–Crippen MR) is 71.9 cm³/mol. The van der Waals surface area contributed by atoms with Gasteiger partial charge in [-0.3, -0.25) is 0 Å². The van der Waals surface area contributed by atoms with Crippen LogP contribution >= 0.6 is 21.2 Å². The minimum atomic E-state index is -1.29. The average Bonchev–Trinajstić information content (AvgIpc) is 2.20. The first kappa shape index (κ1) is 13.7. The van der Waals surface area contributed by atoms with Gasteiger partial charge in [0, 0.05) is 5.56 Å². The zero-order valence-electron chi connectivity index (χ0n) is 8.87. The molecule has 88 valence electrons. The largest absolute Gasteiger partial charge is 0.583 e. The molecule has 0 bridgehead atoms. The second-order valence-corrected chi connectivity index (χ2v) is 5.82. The molecule has 0 aliphatic carbocycles. The highest BCUT2D eigenvalue weighted by Crippen LogP contribution is 2.20. The Balaban J connectivity index is 3.02. The summed E-state index contributed by atoms with van der Waals surface area (Å²) in [5, 5.41) is 0. The number of benzene rings is 1. The molecular weight excluding hydrogens is 344 g/mol. The van der Waals surface area contributed by atoms with Crippen molar-refractivity contribution in [1.82, 2.24) is 0 Å². The van der Waals surface area contributed by atoms with Crippen molar-refractivity contribution in [3.8, 4) is 5.75 Å². The van der Waals surface area contributed by atoms with Crippen LogP contribution in [0.2, 0.25) is 0 Å². The maximum Gasteiger partial charge on any atom is 0.283 e. The summed E-state index contributed by atoms with van der Waals surface area (Å²) in [4.78, 5) is 0. The normalized spacial score (nSPS) is 13.7. The SMILES string of the molecule is CCOc1cc(/C(C)=N/[S@@+]([O-])I)ccc1F. The second-order valence-electron chi connectivity index (χ2n) is 2.96. The number of halogens is 2. The van der Waals surface area contributed by atoms with E-state index in [1.807, 2.05) is 0 Å². The zero-order valence-corrected chi connectivity index (χ0v) is 11.8. The Kier molecular flexibility index (Phi) is 5.50. The van der Waals surface area contributed by atoms with Gasteiger partial charge < -0.3 is 9.29 Å². The molecule has 6 heteroatoms. The molecule has 1 aromatic carbocycles. The van der Waals surface area contributed by atoms with Crippen molar-refractivity contribution in [2.24, 2.45) is 4.40 Å². The highest BCUT2D eigenvalue weighted by atomic mass is 127. The van der Waals surface area contributed by atoms with E-state index in [2.05, 4.69) is 4.40 Å². The molecule has 16 heavy (non-hydrogen) atoms. The van der Waals surface area contributed by atoms with Crippen LogP contribution in [0.25, 0.3) is 0 Å². The van der Waals surface area contributed by atoms with E-state index in [1.54, 1.807) is 47.2 Å². The first-order valence-corrected chi connectivity index (χ1v) is 8.25. The quantitative estimate of drug-likeness (QED) is 0.473. The van der Waals surface area contributed by atoms with Gasteiger partial charge in [-0.15, -0.1) is 0 Å². The Morgan fingerprint density at radius 3 is 2.88 bits per heavy atom. The van der Waals surface area contributed by atoms with E-state index in [0.29, 0.717) is 17.9 Å². The Morgan fingerprint density at radius 1 is 1.62 bits per heavy atom. The number of hydrogen-bond donors (Lipinski definition) is 0. The molecule has 0 unspecified atom stereocenters. The van der Waals surface area contributed by atoms with Gasteiger partial charge in [0.05, 0.1) is 12.3 Å². The van der Waals surface area contributed by atoms with Crippen molar-refractivity contribution < 1.29 is 13.7 Å². The van der Waals surface area contributed by atoms with E-state index >= 15 is 0 Å². The summed E-state index contributed by atoms with van der Waals surface area (Å²) in [6, 6.07) is 4.46. The smallest absolute Gasteiger partial charge is 0.283 e. The molecule has 3 nitrogen and oxygen atoms in total. The summed E-state index contributed by atoms with van der Waals surface area (Å²) in [6.45, 7) is 3.90. The van der Waals surface area contributed by atoms with Crippen LogP contribution in [0.4, 0.5) is 4.39 Å². The summed E-state index contributed by atoms with van der Waals surface area (Å²) in [6.07, 6.45) is 0. The van der Waals surface area contributed by atoms with Gasteiger partial charge in [0.2, 0.25) is 0 Å². The lowest BCUT2D eigenvalue weighted by atomic mass is 10.1. The van der Waals surface area contributed by atoms with E-state index in [-0.39, 0.29) is 5.75 Å². The topological polar surface area (TPSA) is 44.6 Å². The number of ether oxygens (including phenoxy) is 1. The van der Waals surface area contributed by atoms with E-state index in [4.69, 9.17) is 4.74 Å². The average molecular weight is 355 g/mol. The van der Waals surface area contributed by atoms with Crippen molar-refractivity contribution in [3.05, 3.63) is 29.6 Å². The summed E-state index contributed by atoms with van der Waals surface area (Å²) in [5.41, 5.74) is 1.29. The summed E-state index contributed by atoms with van der Waals surface area (Å²) >= 11 is 1.70. The van der Waals surface area contributed by atoms with Crippen molar-refractivity contribution in [1.29, 1.82) is 0 Å². The third-order valence-electron chi connectivity index (χ3n) is 1.86. The van der Waals surface area contributed by atoms with Gasteiger partial charge in [0.1, 0.15) is 0 Å². The Hall–Kier alpha value is -0.340. The molecule has 0 aliphatic heterocycles. The summed E-state index contributed by atoms with van der Waals surface area (Å²) < 4.78 is 33.2. The van der Waals surface area contributed by atoms with Crippen molar-refractivity contribution >= 4 is 35.5 Å². The lowest BCUT2D eigenvalue weighted by Crippen LogP contribution is -2.01. The van der Waals surface area contributed by atoms with Crippen LogP contribution in [0.5, 0.6) is 5.75 Å². The van der Waals surface area contributed by atoms with E-state index in [9.17, 15) is 8.94 Å². The zero-order chi connectivity index (χ0) is 12.1. The van der Waals surface area contributed by atoms with Crippen molar-refractivity contribution in [2.45, 2.75) is 13.8 Å². The van der Waals surface area contributed by atoms with Crippen LogP contribution in [0.3, 0.4) is 0 Å². The van der Waals surface area contributed by atoms with Gasteiger partial charge >= 0.3 is 0 Å². The van der Waals surface area contributed by atoms with Crippen LogP contribution in [-0.2, 0) is 8.53 Å². The molecule has 0 saturated carbocycles. The minimum absolute atomic E-state index is 0.189. The van der Waals surface area contributed by atoms with Crippen LogP contribution in [-0.4, -0.2) is 16.9 Å². The molecule has 0 aromatic heterocycles. The predicted octanol–water partition coefficient (Wildman–Crippen LogP) is 3.05. The molecular formula is C10H11FINO2S. The van der Waals surface area contributed by atoms with Gasteiger partial charge in [-0.05, 0) is 32.0 Å².